The third kappa shape index (κ3) is 4.23. The van der Waals surface area contributed by atoms with E-state index in [1.165, 1.54) is 25.7 Å². The molecule has 3 heteroatoms. The van der Waals surface area contributed by atoms with E-state index in [9.17, 15) is 0 Å². The van der Waals surface area contributed by atoms with E-state index in [4.69, 9.17) is 10.6 Å². The van der Waals surface area contributed by atoms with Gasteiger partial charge in [0.25, 0.3) is 0 Å². The highest BCUT2D eigenvalue weighted by Gasteiger charge is 2.39. The Bertz CT molecular complexity index is 217. The van der Waals surface area contributed by atoms with Crippen molar-refractivity contribution in [1.82, 2.24) is 5.43 Å². The van der Waals surface area contributed by atoms with Crippen LogP contribution in [0.3, 0.4) is 0 Å². The molecule has 102 valence electrons. The van der Waals surface area contributed by atoms with Crippen molar-refractivity contribution in [2.24, 2.45) is 11.3 Å². The molecular weight excluding hydrogens is 212 g/mol. The average molecular weight is 242 g/mol. The topological polar surface area (TPSA) is 47.3 Å². The zero-order chi connectivity index (χ0) is 12.9. The van der Waals surface area contributed by atoms with Crippen LogP contribution in [0.2, 0.25) is 0 Å². The monoisotopic (exact) mass is 242 g/mol. The van der Waals surface area contributed by atoms with E-state index in [1.54, 1.807) is 0 Å². The van der Waals surface area contributed by atoms with Gasteiger partial charge in [0.2, 0.25) is 0 Å². The zero-order valence-corrected chi connectivity index (χ0v) is 12.0. The van der Waals surface area contributed by atoms with Crippen molar-refractivity contribution in [3.8, 4) is 0 Å². The predicted molar refractivity (Wildman–Crippen MR) is 72.6 cm³/mol. The van der Waals surface area contributed by atoms with Crippen molar-refractivity contribution in [3.05, 3.63) is 0 Å². The van der Waals surface area contributed by atoms with Crippen LogP contribution in [0, 0.1) is 5.41 Å². The number of hydrogen-bond acceptors (Lipinski definition) is 3. The van der Waals surface area contributed by atoms with Gasteiger partial charge in [0, 0.05) is 7.11 Å². The largest absolute Gasteiger partial charge is 0.377 e. The lowest BCUT2D eigenvalue weighted by Crippen LogP contribution is -2.55. The zero-order valence-electron chi connectivity index (χ0n) is 12.0. The molecule has 3 nitrogen and oxygen atoms in total. The van der Waals surface area contributed by atoms with Gasteiger partial charge >= 0.3 is 0 Å². The van der Waals surface area contributed by atoms with Crippen LogP contribution in [0.25, 0.3) is 0 Å². The first-order valence-corrected chi connectivity index (χ1v) is 6.95. The molecule has 1 saturated carbocycles. The summed E-state index contributed by atoms with van der Waals surface area (Å²) >= 11 is 0. The summed E-state index contributed by atoms with van der Waals surface area (Å²) in [6.07, 6.45) is 8.41. The first kappa shape index (κ1) is 14.9. The number of hydrogen-bond donors (Lipinski definition) is 2. The highest BCUT2D eigenvalue weighted by Crippen LogP contribution is 2.36. The first-order chi connectivity index (χ1) is 7.93. The number of nitrogens with two attached hydrogens (primary N) is 1. The summed E-state index contributed by atoms with van der Waals surface area (Å²) in [5.74, 6) is 5.76. The lowest BCUT2D eigenvalue weighted by Gasteiger charge is -2.43. The Labute approximate surface area is 106 Å². The molecule has 0 aliphatic heterocycles. The minimum Gasteiger partial charge on any atom is -0.377 e. The summed E-state index contributed by atoms with van der Waals surface area (Å²) in [6, 6.07) is 0.284. The van der Waals surface area contributed by atoms with Crippen molar-refractivity contribution in [3.63, 3.8) is 0 Å². The maximum absolute atomic E-state index is 5.85. The molecule has 1 rings (SSSR count). The number of ether oxygens (including phenoxy) is 1. The van der Waals surface area contributed by atoms with Crippen molar-refractivity contribution < 1.29 is 4.74 Å². The predicted octanol–water partition coefficient (Wildman–Crippen LogP) is 2.99. The molecule has 1 atom stereocenters. The van der Waals surface area contributed by atoms with E-state index in [0.29, 0.717) is 5.41 Å². The van der Waals surface area contributed by atoms with Crippen molar-refractivity contribution in [2.45, 2.75) is 77.4 Å². The van der Waals surface area contributed by atoms with E-state index in [0.717, 1.165) is 19.3 Å². The molecular formula is C14H30N2O. The highest BCUT2D eigenvalue weighted by atomic mass is 16.5. The minimum absolute atomic E-state index is 0.0295. The second-order valence-corrected chi connectivity index (χ2v) is 6.65. The third-order valence-corrected chi connectivity index (χ3v) is 4.13. The van der Waals surface area contributed by atoms with Gasteiger partial charge in [-0.3, -0.25) is 11.3 Å². The molecule has 1 fully saturated rings. The molecule has 0 radical (unpaired) electrons. The smallest absolute Gasteiger partial charge is 0.0844 e. The molecule has 1 unspecified atom stereocenters. The average Bonchev–Trinajstić information content (AvgIpc) is 2.29. The van der Waals surface area contributed by atoms with Gasteiger partial charge in [-0.1, -0.05) is 40.0 Å². The molecule has 0 amide bonds. The summed E-state index contributed by atoms with van der Waals surface area (Å²) in [7, 11) is 1.84. The van der Waals surface area contributed by atoms with Gasteiger partial charge in [0.05, 0.1) is 11.6 Å². The van der Waals surface area contributed by atoms with Gasteiger partial charge in [-0.15, -0.1) is 0 Å². The van der Waals surface area contributed by atoms with E-state index in [2.05, 4.69) is 26.2 Å². The Morgan fingerprint density at radius 3 is 2.24 bits per heavy atom. The fourth-order valence-electron chi connectivity index (χ4n) is 2.92. The summed E-state index contributed by atoms with van der Waals surface area (Å²) in [6.45, 7) is 6.84. The van der Waals surface area contributed by atoms with Crippen LogP contribution in [0.15, 0.2) is 0 Å². The molecule has 0 aromatic heterocycles. The fraction of sp³-hybridized carbons (Fsp3) is 1.00. The molecule has 0 saturated heterocycles. The van der Waals surface area contributed by atoms with Crippen LogP contribution in [-0.4, -0.2) is 18.8 Å². The molecule has 0 spiro atoms. The Hall–Kier alpha value is -0.120. The van der Waals surface area contributed by atoms with Gasteiger partial charge in [0.1, 0.15) is 0 Å². The minimum atomic E-state index is -0.0295. The summed E-state index contributed by atoms with van der Waals surface area (Å²) in [5.41, 5.74) is 3.34. The normalized spacial score (nSPS) is 22.4. The number of methoxy groups -OCH3 is 1. The van der Waals surface area contributed by atoms with Crippen molar-refractivity contribution in [1.29, 1.82) is 0 Å². The number of nitrogens with one attached hydrogen (secondary N) is 1. The van der Waals surface area contributed by atoms with Crippen LogP contribution in [0.5, 0.6) is 0 Å². The molecule has 0 aromatic rings. The SMILES string of the molecule is COC1(C(CCC(C)(C)C)NN)CCCCC1. The fourth-order valence-corrected chi connectivity index (χ4v) is 2.92. The van der Waals surface area contributed by atoms with Crippen LogP contribution < -0.4 is 11.3 Å². The maximum Gasteiger partial charge on any atom is 0.0844 e. The highest BCUT2D eigenvalue weighted by molar-refractivity contribution is 4.94. The van der Waals surface area contributed by atoms with E-state index in [1.807, 2.05) is 7.11 Å². The summed E-state index contributed by atoms with van der Waals surface area (Å²) in [4.78, 5) is 0. The molecule has 1 aliphatic rings. The quantitative estimate of drug-likeness (QED) is 0.575. The van der Waals surface area contributed by atoms with Crippen LogP contribution in [0.4, 0.5) is 0 Å². The molecule has 17 heavy (non-hydrogen) atoms. The molecule has 0 aromatic carbocycles. The van der Waals surface area contributed by atoms with E-state index in [-0.39, 0.29) is 11.6 Å². The Morgan fingerprint density at radius 2 is 1.82 bits per heavy atom. The molecule has 0 heterocycles. The maximum atomic E-state index is 5.85. The lowest BCUT2D eigenvalue weighted by molar-refractivity contribution is -0.0711. The van der Waals surface area contributed by atoms with Crippen LogP contribution in [0.1, 0.15) is 65.7 Å². The molecule has 3 N–H and O–H groups in total. The lowest BCUT2D eigenvalue weighted by atomic mass is 9.76. The van der Waals surface area contributed by atoms with Gasteiger partial charge < -0.3 is 4.74 Å². The van der Waals surface area contributed by atoms with Gasteiger partial charge in [-0.2, -0.15) is 0 Å². The summed E-state index contributed by atoms with van der Waals surface area (Å²) in [5, 5.41) is 0. The number of rotatable bonds is 5. The van der Waals surface area contributed by atoms with Crippen molar-refractivity contribution >= 4 is 0 Å². The van der Waals surface area contributed by atoms with Gasteiger partial charge in [-0.25, -0.2) is 0 Å². The molecule has 1 aliphatic carbocycles. The van der Waals surface area contributed by atoms with E-state index < -0.39 is 0 Å². The Kier molecular flexibility index (Phi) is 5.42. The van der Waals surface area contributed by atoms with Crippen LogP contribution >= 0.6 is 0 Å². The third-order valence-electron chi connectivity index (χ3n) is 4.13. The Morgan fingerprint density at radius 1 is 1.24 bits per heavy atom. The second kappa shape index (κ2) is 6.17. The molecule has 0 bridgehead atoms. The van der Waals surface area contributed by atoms with E-state index >= 15 is 0 Å². The second-order valence-electron chi connectivity index (χ2n) is 6.65. The van der Waals surface area contributed by atoms with Gasteiger partial charge in [-0.05, 0) is 31.1 Å². The van der Waals surface area contributed by atoms with Crippen LogP contribution in [-0.2, 0) is 4.74 Å². The standard InChI is InChI=1S/C14H30N2O/c1-13(2,3)11-8-12(16-15)14(17-4)9-6-5-7-10-14/h12,16H,5-11,15H2,1-4H3. The van der Waals surface area contributed by atoms with Crippen molar-refractivity contribution in [2.75, 3.05) is 7.11 Å². The van der Waals surface area contributed by atoms with Gasteiger partial charge in [0.15, 0.2) is 0 Å². The summed E-state index contributed by atoms with van der Waals surface area (Å²) < 4.78 is 5.85. The number of hydrazine groups is 1. The first-order valence-electron chi connectivity index (χ1n) is 6.95. The Balaban J connectivity index is 2.62.